The van der Waals surface area contributed by atoms with Crippen molar-refractivity contribution < 1.29 is 28.3 Å². The zero-order valence-corrected chi connectivity index (χ0v) is 24.6. The van der Waals surface area contributed by atoms with E-state index in [2.05, 4.69) is 9.30 Å². The lowest BCUT2D eigenvalue weighted by Gasteiger charge is -2.12. The van der Waals surface area contributed by atoms with E-state index in [0.29, 0.717) is 33.1 Å². The third-order valence-corrected chi connectivity index (χ3v) is 7.99. The molecule has 0 spiro atoms. The molecule has 2 amide bonds. The van der Waals surface area contributed by atoms with E-state index in [1.165, 1.54) is 19.2 Å². The Morgan fingerprint density at radius 2 is 1.78 bits per heavy atom. The Morgan fingerprint density at radius 1 is 1.02 bits per heavy atom. The normalized spacial score (nSPS) is 14.3. The minimum atomic E-state index is -0.634. The van der Waals surface area contributed by atoms with Crippen LogP contribution in [0, 0.1) is 13.8 Å². The summed E-state index contributed by atoms with van der Waals surface area (Å²) in [4.78, 5) is 38.8. The summed E-state index contributed by atoms with van der Waals surface area (Å²) >= 11 is 13.1. The van der Waals surface area contributed by atoms with Crippen molar-refractivity contribution in [2.45, 2.75) is 27.0 Å². The lowest BCUT2D eigenvalue weighted by Crippen LogP contribution is -2.27. The fourth-order valence-corrected chi connectivity index (χ4v) is 5.72. The highest BCUT2D eigenvalue weighted by Crippen LogP contribution is 2.35. The highest BCUT2D eigenvalue weighted by molar-refractivity contribution is 8.18. The Balaban J connectivity index is 1.30. The number of aryl methyl sites for hydroxylation is 1. The minimum absolute atomic E-state index is 0.00278. The molecule has 2 aromatic carbocycles. The van der Waals surface area contributed by atoms with Gasteiger partial charge >= 0.3 is 5.97 Å². The molecule has 0 aliphatic carbocycles. The fraction of sp³-hybridized carbons (Fsp3) is 0.167. The summed E-state index contributed by atoms with van der Waals surface area (Å²) < 4.78 is 18.0. The van der Waals surface area contributed by atoms with Crippen LogP contribution in [-0.2, 0) is 22.7 Å². The molecule has 0 unspecified atom stereocenters. The second-order valence-electron chi connectivity index (χ2n) is 9.21. The summed E-state index contributed by atoms with van der Waals surface area (Å²) in [6, 6.07) is 17.9. The maximum atomic E-state index is 13.1. The Hall–Kier alpha value is -3.92. The molecule has 11 heteroatoms. The Labute approximate surface area is 250 Å². The molecule has 3 heterocycles. The van der Waals surface area contributed by atoms with Gasteiger partial charge in [-0.25, -0.2) is 4.79 Å². The van der Waals surface area contributed by atoms with Gasteiger partial charge in [0.1, 0.15) is 18.1 Å². The number of halogens is 2. The quantitative estimate of drug-likeness (QED) is 0.150. The smallest absolute Gasteiger partial charge is 0.373 e. The molecular formula is C30H24Cl2N2O6S. The van der Waals surface area contributed by atoms with Crippen molar-refractivity contribution in [1.29, 1.82) is 0 Å². The van der Waals surface area contributed by atoms with Crippen molar-refractivity contribution in [3.8, 4) is 11.4 Å². The van der Waals surface area contributed by atoms with Gasteiger partial charge in [0.15, 0.2) is 0 Å². The van der Waals surface area contributed by atoms with Crippen LogP contribution in [0.3, 0.4) is 0 Å². The Kier molecular flexibility index (Phi) is 8.30. The first-order chi connectivity index (χ1) is 19.6. The molecule has 0 radical (unpaired) electrons. The van der Waals surface area contributed by atoms with Gasteiger partial charge in [0, 0.05) is 32.7 Å². The van der Waals surface area contributed by atoms with Crippen LogP contribution in [0.1, 0.15) is 38.8 Å². The number of rotatable bonds is 8. The molecular weight excluding hydrogens is 587 g/mol. The van der Waals surface area contributed by atoms with Crippen LogP contribution in [0.25, 0.3) is 11.8 Å². The number of carbonyl (C=O) groups excluding carboxylic acids is 3. The van der Waals surface area contributed by atoms with Crippen molar-refractivity contribution >= 4 is 58.2 Å². The number of methoxy groups -OCH3 is 1. The Bertz CT molecular complexity index is 1690. The minimum Gasteiger partial charge on any atom is -0.489 e. The number of esters is 1. The lowest BCUT2D eigenvalue weighted by atomic mass is 10.2. The van der Waals surface area contributed by atoms with Gasteiger partial charge in [-0.1, -0.05) is 29.3 Å². The molecule has 8 nitrogen and oxygen atoms in total. The second kappa shape index (κ2) is 11.9. The predicted molar refractivity (Wildman–Crippen MR) is 158 cm³/mol. The van der Waals surface area contributed by atoms with Crippen molar-refractivity contribution in [2.75, 3.05) is 7.11 Å². The van der Waals surface area contributed by atoms with Crippen LogP contribution in [0.15, 0.2) is 70.0 Å². The zero-order chi connectivity index (χ0) is 29.3. The molecule has 210 valence electrons. The van der Waals surface area contributed by atoms with Crippen molar-refractivity contribution in [1.82, 2.24) is 9.47 Å². The monoisotopic (exact) mass is 610 g/mol. The number of furan rings is 1. The van der Waals surface area contributed by atoms with Gasteiger partial charge in [0.05, 0.1) is 18.6 Å². The van der Waals surface area contributed by atoms with E-state index in [4.69, 9.17) is 32.4 Å². The number of imide groups is 1. The van der Waals surface area contributed by atoms with Gasteiger partial charge < -0.3 is 18.5 Å². The van der Waals surface area contributed by atoms with Gasteiger partial charge in [-0.05, 0) is 91.8 Å². The molecule has 1 fully saturated rings. The first kappa shape index (κ1) is 28.6. The first-order valence-electron chi connectivity index (χ1n) is 12.4. The molecule has 2 aromatic heterocycles. The second-order valence-corrected chi connectivity index (χ2v) is 11.0. The van der Waals surface area contributed by atoms with Crippen LogP contribution < -0.4 is 4.74 Å². The summed E-state index contributed by atoms with van der Waals surface area (Å²) in [5, 5.41) is 0.702. The molecule has 1 aliphatic heterocycles. The zero-order valence-electron chi connectivity index (χ0n) is 22.3. The van der Waals surface area contributed by atoms with Crippen molar-refractivity contribution in [3.05, 3.63) is 110 Å². The number of thioether (sulfide) groups is 1. The number of hydrogen-bond acceptors (Lipinski definition) is 7. The SMILES string of the molecule is COC(=O)c1ccc(CN2C(=O)S/C(=C/c3cc(C)n(-c4ccc(OCc5ccc(Cl)cc5Cl)cc4)c3C)C2=O)o1. The van der Waals surface area contributed by atoms with Gasteiger partial charge in [-0.3, -0.25) is 14.5 Å². The highest BCUT2D eigenvalue weighted by Gasteiger charge is 2.36. The number of hydrogen-bond donors (Lipinski definition) is 0. The molecule has 5 rings (SSSR count). The van der Waals surface area contributed by atoms with E-state index >= 15 is 0 Å². The summed E-state index contributed by atoms with van der Waals surface area (Å²) in [6.45, 7) is 4.14. The summed E-state index contributed by atoms with van der Waals surface area (Å²) in [7, 11) is 1.24. The Morgan fingerprint density at radius 3 is 2.49 bits per heavy atom. The maximum Gasteiger partial charge on any atom is 0.373 e. The third kappa shape index (κ3) is 6.07. The molecule has 0 atom stereocenters. The van der Waals surface area contributed by atoms with E-state index in [9.17, 15) is 14.4 Å². The van der Waals surface area contributed by atoms with Crippen molar-refractivity contribution in [3.63, 3.8) is 0 Å². The summed E-state index contributed by atoms with van der Waals surface area (Å²) in [6.07, 6.45) is 1.72. The molecule has 0 saturated carbocycles. The largest absolute Gasteiger partial charge is 0.489 e. The van der Waals surface area contributed by atoms with E-state index in [0.717, 1.165) is 44.9 Å². The van der Waals surface area contributed by atoms with Crippen LogP contribution in [0.2, 0.25) is 10.0 Å². The van der Waals surface area contributed by atoms with Gasteiger partial charge in [0.25, 0.3) is 11.1 Å². The van der Waals surface area contributed by atoms with E-state index < -0.39 is 17.1 Å². The van der Waals surface area contributed by atoms with E-state index in [-0.39, 0.29) is 12.3 Å². The molecule has 41 heavy (non-hydrogen) atoms. The molecule has 1 aliphatic rings. The van der Waals surface area contributed by atoms with Crippen LogP contribution >= 0.6 is 35.0 Å². The van der Waals surface area contributed by atoms with E-state index in [1.807, 2.05) is 50.2 Å². The fourth-order valence-electron chi connectivity index (χ4n) is 4.43. The molecule has 4 aromatic rings. The first-order valence-corrected chi connectivity index (χ1v) is 14.0. The number of ether oxygens (including phenoxy) is 2. The molecule has 0 bridgehead atoms. The third-order valence-electron chi connectivity index (χ3n) is 6.50. The standard InChI is InChI=1S/C30H24Cl2N2O6S/c1-17-12-20(13-27-28(35)33(30(37)41-27)15-24-10-11-26(40-24)29(36)38-3)18(2)34(17)22-6-8-23(9-7-22)39-16-19-4-5-21(31)14-25(19)32/h4-14H,15-16H2,1-3H3/b27-13+. The maximum absolute atomic E-state index is 13.1. The van der Waals surface area contributed by atoms with Gasteiger partial charge in [0.2, 0.25) is 5.76 Å². The lowest BCUT2D eigenvalue weighted by molar-refractivity contribution is -0.123. The average molecular weight is 612 g/mol. The van der Waals surface area contributed by atoms with Crippen LogP contribution in [0.5, 0.6) is 5.75 Å². The highest BCUT2D eigenvalue weighted by atomic mass is 35.5. The van der Waals surface area contributed by atoms with Crippen LogP contribution in [-0.4, -0.2) is 33.7 Å². The number of amides is 2. The van der Waals surface area contributed by atoms with Crippen molar-refractivity contribution in [2.24, 2.45) is 0 Å². The van der Waals surface area contributed by atoms with E-state index in [1.54, 1.807) is 18.2 Å². The molecule has 0 N–H and O–H groups in total. The number of nitrogens with zero attached hydrogens (tertiary/aromatic N) is 2. The van der Waals surface area contributed by atoms with Gasteiger partial charge in [-0.2, -0.15) is 0 Å². The number of benzene rings is 2. The number of carbonyl (C=O) groups is 3. The van der Waals surface area contributed by atoms with Gasteiger partial charge in [-0.15, -0.1) is 0 Å². The van der Waals surface area contributed by atoms with Crippen LogP contribution in [0.4, 0.5) is 4.79 Å². The molecule has 1 saturated heterocycles. The topological polar surface area (TPSA) is 91.0 Å². The summed E-state index contributed by atoms with van der Waals surface area (Å²) in [5.74, 6) is -0.0704. The predicted octanol–water partition coefficient (Wildman–Crippen LogP) is 7.60. The number of aromatic nitrogens is 1. The average Bonchev–Trinajstić information content (AvgIpc) is 3.61. The summed E-state index contributed by atoms with van der Waals surface area (Å²) in [5.41, 5.74) is 4.44.